The number of hydrogen-bond donors (Lipinski definition) is 0. The average Bonchev–Trinajstić information content (AvgIpc) is 2.48. The highest BCUT2D eigenvalue weighted by molar-refractivity contribution is 7.98. The van der Waals surface area contributed by atoms with Gasteiger partial charge in [-0.25, -0.2) is 0 Å². The van der Waals surface area contributed by atoms with Crippen LogP contribution >= 0.6 is 23.4 Å². The van der Waals surface area contributed by atoms with Crippen molar-refractivity contribution in [3.63, 3.8) is 0 Å². The molecule has 0 spiro atoms. The van der Waals surface area contributed by atoms with Gasteiger partial charge in [0.2, 0.25) is 0 Å². The van der Waals surface area contributed by atoms with Crippen LogP contribution in [0.25, 0.3) is 0 Å². The Kier molecular flexibility index (Phi) is 5.38. The Balaban J connectivity index is 2.46. The van der Waals surface area contributed by atoms with Crippen molar-refractivity contribution in [1.29, 1.82) is 0 Å². The van der Waals surface area contributed by atoms with Gasteiger partial charge in [0.05, 0.1) is 12.0 Å². The maximum atomic E-state index is 6.74. The first-order valence-electron chi connectivity index (χ1n) is 6.67. The van der Waals surface area contributed by atoms with Gasteiger partial charge in [0, 0.05) is 10.5 Å². The summed E-state index contributed by atoms with van der Waals surface area (Å²) in [7, 11) is 0. The largest absolute Gasteiger partial charge is 0.494 e. The zero-order valence-electron chi connectivity index (χ0n) is 12.0. The van der Waals surface area contributed by atoms with Crippen LogP contribution in [-0.2, 0) is 0 Å². The van der Waals surface area contributed by atoms with Crippen LogP contribution in [0.2, 0.25) is 0 Å². The molecule has 106 valence electrons. The zero-order chi connectivity index (χ0) is 14.5. The van der Waals surface area contributed by atoms with E-state index < -0.39 is 0 Å². The number of alkyl halides is 1. The second kappa shape index (κ2) is 7.05. The van der Waals surface area contributed by atoms with Crippen LogP contribution in [0.15, 0.2) is 47.4 Å². The Bertz CT molecular complexity index is 583. The van der Waals surface area contributed by atoms with Crippen molar-refractivity contribution in [3.8, 4) is 5.75 Å². The monoisotopic (exact) mass is 306 g/mol. The highest BCUT2D eigenvalue weighted by Crippen LogP contribution is 2.39. The maximum Gasteiger partial charge on any atom is 0.124 e. The Morgan fingerprint density at radius 2 is 1.90 bits per heavy atom. The van der Waals surface area contributed by atoms with Crippen molar-refractivity contribution in [2.45, 2.75) is 24.1 Å². The van der Waals surface area contributed by atoms with Gasteiger partial charge in [0.1, 0.15) is 5.75 Å². The SMILES string of the molecule is CCOc1ccc(C)cc1C(Cl)c1ccccc1SC. The molecular weight excluding hydrogens is 288 g/mol. The van der Waals surface area contributed by atoms with E-state index in [0.717, 1.165) is 16.9 Å². The number of rotatable bonds is 5. The van der Waals surface area contributed by atoms with E-state index >= 15 is 0 Å². The van der Waals surface area contributed by atoms with Crippen LogP contribution in [-0.4, -0.2) is 12.9 Å². The van der Waals surface area contributed by atoms with Crippen molar-refractivity contribution < 1.29 is 4.74 Å². The van der Waals surface area contributed by atoms with Gasteiger partial charge >= 0.3 is 0 Å². The van der Waals surface area contributed by atoms with Gasteiger partial charge in [0.25, 0.3) is 0 Å². The minimum atomic E-state index is -0.194. The van der Waals surface area contributed by atoms with E-state index in [1.54, 1.807) is 11.8 Å². The van der Waals surface area contributed by atoms with Crippen LogP contribution < -0.4 is 4.74 Å². The fourth-order valence-electron chi connectivity index (χ4n) is 2.20. The Labute approximate surface area is 130 Å². The second-order valence-electron chi connectivity index (χ2n) is 4.58. The quantitative estimate of drug-likeness (QED) is 0.537. The molecule has 0 aliphatic carbocycles. The topological polar surface area (TPSA) is 9.23 Å². The number of ether oxygens (including phenoxy) is 1. The highest BCUT2D eigenvalue weighted by atomic mass is 35.5. The van der Waals surface area contributed by atoms with Crippen molar-refractivity contribution in [2.24, 2.45) is 0 Å². The summed E-state index contributed by atoms with van der Waals surface area (Å²) in [6, 6.07) is 14.4. The van der Waals surface area contributed by atoms with E-state index in [-0.39, 0.29) is 5.38 Å². The van der Waals surface area contributed by atoms with Gasteiger partial charge in [-0.05, 0) is 37.8 Å². The molecule has 3 heteroatoms. The molecule has 0 saturated heterocycles. The maximum absolute atomic E-state index is 6.74. The number of halogens is 1. The molecule has 2 rings (SSSR count). The van der Waals surface area contributed by atoms with E-state index in [9.17, 15) is 0 Å². The molecule has 0 aliphatic rings. The summed E-state index contributed by atoms with van der Waals surface area (Å²) in [4.78, 5) is 1.21. The molecule has 0 aromatic heterocycles. The Morgan fingerprint density at radius 3 is 2.60 bits per heavy atom. The third-order valence-corrected chi connectivity index (χ3v) is 4.43. The van der Waals surface area contributed by atoms with Crippen LogP contribution in [0.5, 0.6) is 5.75 Å². The summed E-state index contributed by atoms with van der Waals surface area (Å²) in [6.45, 7) is 4.70. The molecule has 0 heterocycles. The van der Waals surface area contributed by atoms with Gasteiger partial charge in [-0.2, -0.15) is 0 Å². The molecule has 0 bridgehead atoms. The summed E-state index contributed by atoms with van der Waals surface area (Å²) in [5, 5.41) is -0.194. The lowest BCUT2D eigenvalue weighted by Gasteiger charge is -2.18. The molecule has 2 aromatic carbocycles. The summed E-state index contributed by atoms with van der Waals surface area (Å²) in [6.07, 6.45) is 2.07. The molecule has 1 unspecified atom stereocenters. The first-order chi connectivity index (χ1) is 9.67. The van der Waals surface area contributed by atoms with Crippen LogP contribution in [0, 0.1) is 6.92 Å². The third-order valence-electron chi connectivity index (χ3n) is 3.15. The predicted molar refractivity (Wildman–Crippen MR) is 88.3 cm³/mol. The highest BCUT2D eigenvalue weighted by Gasteiger charge is 2.18. The molecular formula is C17H19ClOS. The predicted octanol–water partition coefficient (Wildman–Crippen LogP) is 5.44. The van der Waals surface area contributed by atoms with Gasteiger partial charge < -0.3 is 4.74 Å². The summed E-state index contributed by atoms with van der Waals surface area (Å²) >= 11 is 8.45. The molecule has 20 heavy (non-hydrogen) atoms. The lowest BCUT2D eigenvalue weighted by Crippen LogP contribution is -2.01. The molecule has 0 aliphatic heterocycles. The first-order valence-corrected chi connectivity index (χ1v) is 8.33. The fraction of sp³-hybridized carbons (Fsp3) is 0.294. The summed E-state index contributed by atoms with van der Waals surface area (Å²) in [5.41, 5.74) is 3.36. The van der Waals surface area contributed by atoms with E-state index in [0.29, 0.717) is 6.61 Å². The molecule has 0 fully saturated rings. The van der Waals surface area contributed by atoms with E-state index in [2.05, 4.69) is 37.4 Å². The molecule has 1 atom stereocenters. The zero-order valence-corrected chi connectivity index (χ0v) is 13.6. The number of thioether (sulfide) groups is 1. The Morgan fingerprint density at radius 1 is 1.15 bits per heavy atom. The van der Waals surface area contributed by atoms with Crippen LogP contribution in [0.1, 0.15) is 29.0 Å². The van der Waals surface area contributed by atoms with E-state index in [4.69, 9.17) is 16.3 Å². The minimum Gasteiger partial charge on any atom is -0.494 e. The molecule has 0 saturated carbocycles. The van der Waals surface area contributed by atoms with E-state index in [1.807, 2.05) is 25.1 Å². The molecule has 1 nitrogen and oxygen atoms in total. The smallest absolute Gasteiger partial charge is 0.124 e. The minimum absolute atomic E-state index is 0.194. The first kappa shape index (κ1) is 15.3. The number of hydrogen-bond acceptors (Lipinski definition) is 2. The van der Waals surface area contributed by atoms with Crippen molar-refractivity contribution in [3.05, 3.63) is 59.2 Å². The van der Waals surface area contributed by atoms with Crippen LogP contribution in [0.3, 0.4) is 0 Å². The average molecular weight is 307 g/mol. The van der Waals surface area contributed by atoms with Crippen molar-refractivity contribution in [2.75, 3.05) is 12.9 Å². The lowest BCUT2D eigenvalue weighted by molar-refractivity contribution is 0.336. The third kappa shape index (κ3) is 3.31. The van der Waals surface area contributed by atoms with Gasteiger partial charge in [-0.3, -0.25) is 0 Å². The summed E-state index contributed by atoms with van der Waals surface area (Å²) in [5.74, 6) is 0.869. The second-order valence-corrected chi connectivity index (χ2v) is 5.86. The lowest BCUT2D eigenvalue weighted by atomic mass is 10.0. The number of benzene rings is 2. The normalized spacial score (nSPS) is 12.2. The molecule has 0 radical (unpaired) electrons. The van der Waals surface area contributed by atoms with Gasteiger partial charge in [0.15, 0.2) is 0 Å². The van der Waals surface area contributed by atoms with Crippen molar-refractivity contribution in [1.82, 2.24) is 0 Å². The van der Waals surface area contributed by atoms with Gasteiger partial charge in [-0.15, -0.1) is 23.4 Å². The van der Waals surface area contributed by atoms with Crippen molar-refractivity contribution >= 4 is 23.4 Å². The fourth-order valence-corrected chi connectivity index (χ4v) is 3.26. The summed E-state index contributed by atoms with van der Waals surface area (Å²) < 4.78 is 5.72. The standard InChI is InChI=1S/C17H19ClOS/c1-4-19-15-10-9-12(2)11-14(15)17(18)13-7-5-6-8-16(13)20-3/h5-11,17H,4H2,1-3H3. The molecule has 2 aromatic rings. The molecule has 0 N–H and O–H groups in total. The van der Waals surface area contributed by atoms with E-state index in [1.165, 1.54) is 10.5 Å². The van der Waals surface area contributed by atoms with Crippen LogP contribution in [0.4, 0.5) is 0 Å². The van der Waals surface area contributed by atoms with Gasteiger partial charge in [-0.1, -0.05) is 35.9 Å². The Hall–Kier alpha value is -1.12. The number of aryl methyl sites for hydroxylation is 1. The molecule has 0 amide bonds.